The van der Waals surface area contributed by atoms with Crippen LogP contribution in [0.25, 0.3) is 11.0 Å². The SMILES string of the molecule is CCCCN(C)Cc1nc2ccc(Cl)cc2n1Cc1ccccc1. The highest BCUT2D eigenvalue weighted by molar-refractivity contribution is 6.31. The molecule has 0 unspecified atom stereocenters. The zero-order valence-electron chi connectivity index (χ0n) is 14.4. The number of imidazole rings is 1. The summed E-state index contributed by atoms with van der Waals surface area (Å²) < 4.78 is 2.29. The summed E-state index contributed by atoms with van der Waals surface area (Å²) in [6.07, 6.45) is 2.42. The fourth-order valence-corrected chi connectivity index (χ4v) is 3.12. The van der Waals surface area contributed by atoms with Crippen LogP contribution in [0.1, 0.15) is 31.2 Å². The number of rotatable bonds is 7. The monoisotopic (exact) mass is 341 g/mol. The molecule has 0 aliphatic heterocycles. The first-order chi connectivity index (χ1) is 11.7. The molecule has 0 fully saturated rings. The van der Waals surface area contributed by atoms with E-state index in [-0.39, 0.29) is 0 Å². The van der Waals surface area contributed by atoms with Crippen LogP contribution < -0.4 is 0 Å². The highest BCUT2D eigenvalue weighted by Gasteiger charge is 2.13. The highest BCUT2D eigenvalue weighted by Crippen LogP contribution is 2.22. The second-order valence-corrected chi connectivity index (χ2v) is 6.76. The zero-order valence-corrected chi connectivity index (χ0v) is 15.1. The second-order valence-electron chi connectivity index (χ2n) is 6.32. The van der Waals surface area contributed by atoms with Crippen molar-refractivity contribution >= 4 is 22.6 Å². The van der Waals surface area contributed by atoms with Crippen molar-refractivity contribution in [2.75, 3.05) is 13.6 Å². The summed E-state index contributed by atoms with van der Waals surface area (Å²) in [5, 5.41) is 0.752. The fourth-order valence-electron chi connectivity index (χ4n) is 2.96. The maximum atomic E-state index is 6.23. The Morgan fingerprint density at radius 2 is 1.92 bits per heavy atom. The van der Waals surface area contributed by atoms with E-state index in [1.165, 1.54) is 18.4 Å². The van der Waals surface area contributed by atoms with Crippen LogP contribution in [0.5, 0.6) is 0 Å². The number of benzene rings is 2. The van der Waals surface area contributed by atoms with Crippen molar-refractivity contribution < 1.29 is 0 Å². The molecule has 1 heterocycles. The predicted molar refractivity (Wildman–Crippen MR) is 102 cm³/mol. The van der Waals surface area contributed by atoms with Gasteiger partial charge in [-0.15, -0.1) is 0 Å². The predicted octanol–water partition coefficient (Wildman–Crippen LogP) is 4.97. The molecule has 3 rings (SSSR count). The van der Waals surface area contributed by atoms with Gasteiger partial charge in [-0.05, 0) is 43.8 Å². The summed E-state index contributed by atoms with van der Waals surface area (Å²) in [4.78, 5) is 7.20. The van der Waals surface area contributed by atoms with Crippen LogP contribution in [0.4, 0.5) is 0 Å². The van der Waals surface area contributed by atoms with Gasteiger partial charge in [0.25, 0.3) is 0 Å². The van der Waals surface area contributed by atoms with Gasteiger partial charge in [0.05, 0.1) is 17.6 Å². The van der Waals surface area contributed by atoms with Crippen LogP contribution in [0.3, 0.4) is 0 Å². The maximum absolute atomic E-state index is 6.23. The van der Waals surface area contributed by atoms with Crippen molar-refractivity contribution in [3.8, 4) is 0 Å². The smallest absolute Gasteiger partial charge is 0.124 e. The number of fused-ring (bicyclic) bond motifs is 1. The van der Waals surface area contributed by atoms with E-state index in [0.717, 1.165) is 41.5 Å². The Hall–Kier alpha value is -1.84. The summed E-state index contributed by atoms with van der Waals surface area (Å²) >= 11 is 6.23. The Bertz CT molecular complexity index is 795. The molecule has 0 amide bonds. The van der Waals surface area contributed by atoms with E-state index in [4.69, 9.17) is 16.6 Å². The largest absolute Gasteiger partial charge is 0.322 e. The lowest BCUT2D eigenvalue weighted by Crippen LogP contribution is -2.21. The minimum Gasteiger partial charge on any atom is -0.322 e. The quantitative estimate of drug-likeness (QED) is 0.605. The Kier molecular flexibility index (Phi) is 5.54. The van der Waals surface area contributed by atoms with Gasteiger partial charge in [0, 0.05) is 11.6 Å². The summed E-state index contributed by atoms with van der Waals surface area (Å²) in [5.41, 5.74) is 3.38. The van der Waals surface area contributed by atoms with Gasteiger partial charge in [-0.3, -0.25) is 4.90 Å². The topological polar surface area (TPSA) is 21.1 Å². The van der Waals surface area contributed by atoms with Crippen LogP contribution in [-0.4, -0.2) is 28.0 Å². The number of halogens is 1. The molecular formula is C20H24ClN3. The maximum Gasteiger partial charge on any atom is 0.124 e. The number of hydrogen-bond acceptors (Lipinski definition) is 2. The first kappa shape index (κ1) is 17.0. The molecule has 2 aromatic carbocycles. The molecule has 0 saturated carbocycles. The molecule has 0 N–H and O–H groups in total. The van der Waals surface area contributed by atoms with Crippen LogP contribution in [-0.2, 0) is 13.1 Å². The van der Waals surface area contributed by atoms with Gasteiger partial charge in [0.2, 0.25) is 0 Å². The molecule has 0 aliphatic carbocycles. The number of hydrogen-bond donors (Lipinski definition) is 0. The summed E-state index contributed by atoms with van der Waals surface area (Å²) in [6.45, 7) is 4.97. The molecular weight excluding hydrogens is 318 g/mol. The van der Waals surface area contributed by atoms with Crippen molar-refractivity contribution in [2.45, 2.75) is 32.9 Å². The third-order valence-electron chi connectivity index (χ3n) is 4.28. The molecule has 3 aromatic rings. The van der Waals surface area contributed by atoms with Crippen molar-refractivity contribution in [1.29, 1.82) is 0 Å². The van der Waals surface area contributed by atoms with E-state index < -0.39 is 0 Å². The van der Waals surface area contributed by atoms with E-state index >= 15 is 0 Å². The van der Waals surface area contributed by atoms with Gasteiger partial charge in [0.15, 0.2) is 0 Å². The van der Waals surface area contributed by atoms with Gasteiger partial charge < -0.3 is 4.57 Å². The molecule has 0 bridgehead atoms. The molecule has 0 aliphatic rings. The van der Waals surface area contributed by atoms with Crippen LogP contribution >= 0.6 is 11.6 Å². The highest BCUT2D eigenvalue weighted by atomic mass is 35.5. The molecule has 0 spiro atoms. The zero-order chi connectivity index (χ0) is 16.9. The van der Waals surface area contributed by atoms with Crippen molar-refractivity contribution in [1.82, 2.24) is 14.5 Å². The molecule has 0 radical (unpaired) electrons. The van der Waals surface area contributed by atoms with E-state index in [1.54, 1.807) is 0 Å². The van der Waals surface area contributed by atoms with E-state index in [1.807, 2.05) is 24.3 Å². The summed E-state index contributed by atoms with van der Waals surface area (Å²) in [6, 6.07) is 16.4. The fraction of sp³-hybridized carbons (Fsp3) is 0.350. The van der Waals surface area contributed by atoms with Crippen LogP contribution in [0.15, 0.2) is 48.5 Å². The third kappa shape index (κ3) is 3.97. The van der Waals surface area contributed by atoms with Crippen molar-refractivity contribution in [2.24, 2.45) is 0 Å². The lowest BCUT2D eigenvalue weighted by Gasteiger charge is -2.17. The average molecular weight is 342 g/mol. The Morgan fingerprint density at radius 1 is 1.12 bits per heavy atom. The van der Waals surface area contributed by atoms with Gasteiger partial charge >= 0.3 is 0 Å². The van der Waals surface area contributed by atoms with E-state index in [9.17, 15) is 0 Å². The molecule has 3 nitrogen and oxygen atoms in total. The van der Waals surface area contributed by atoms with Gasteiger partial charge in [0.1, 0.15) is 5.82 Å². The van der Waals surface area contributed by atoms with Gasteiger partial charge in [-0.2, -0.15) is 0 Å². The Balaban J connectivity index is 1.95. The lowest BCUT2D eigenvalue weighted by atomic mass is 10.2. The number of unbranched alkanes of at least 4 members (excludes halogenated alkanes) is 1. The van der Waals surface area contributed by atoms with Crippen LogP contribution in [0, 0.1) is 0 Å². The molecule has 126 valence electrons. The Morgan fingerprint density at radius 3 is 2.67 bits per heavy atom. The summed E-state index contributed by atoms with van der Waals surface area (Å²) in [7, 11) is 2.16. The van der Waals surface area contributed by atoms with Gasteiger partial charge in [-0.25, -0.2) is 4.98 Å². The van der Waals surface area contributed by atoms with Crippen LogP contribution in [0.2, 0.25) is 5.02 Å². The second kappa shape index (κ2) is 7.82. The minimum atomic E-state index is 0.752. The summed E-state index contributed by atoms with van der Waals surface area (Å²) in [5.74, 6) is 1.09. The number of aromatic nitrogens is 2. The number of nitrogens with zero attached hydrogens (tertiary/aromatic N) is 3. The van der Waals surface area contributed by atoms with E-state index in [0.29, 0.717) is 0 Å². The van der Waals surface area contributed by atoms with Crippen molar-refractivity contribution in [3.05, 3.63) is 64.9 Å². The average Bonchev–Trinajstić information content (AvgIpc) is 2.91. The third-order valence-corrected chi connectivity index (χ3v) is 4.51. The minimum absolute atomic E-state index is 0.752. The molecule has 0 atom stereocenters. The lowest BCUT2D eigenvalue weighted by molar-refractivity contribution is 0.309. The molecule has 24 heavy (non-hydrogen) atoms. The normalized spacial score (nSPS) is 11.5. The van der Waals surface area contributed by atoms with E-state index in [2.05, 4.69) is 47.7 Å². The van der Waals surface area contributed by atoms with Gasteiger partial charge in [-0.1, -0.05) is 55.3 Å². The first-order valence-electron chi connectivity index (χ1n) is 8.54. The molecule has 0 saturated heterocycles. The molecule has 1 aromatic heterocycles. The molecule has 4 heteroatoms. The Labute approximate surface area is 148 Å². The standard InChI is InChI=1S/C20H24ClN3/c1-3-4-12-23(2)15-20-22-18-11-10-17(21)13-19(18)24(20)14-16-8-6-5-7-9-16/h5-11,13H,3-4,12,14-15H2,1-2H3. The first-order valence-corrected chi connectivity index (χ1v) is 8.92. The van der Waals surface area contributed by atoms with Crippen molar-refractivity contribution in [3.63, 3.8) is 0 Å².